The van der Waals surface area contributed by atoms with Crippen molar-refractivity contribution >= 4 is 11.8 Å². The quantitative estimate of drug-likeness (QED) is 0.785. The van der Waals surface area contributed by atoms with Crippen LogP contribution in [0.1, 0.15) is 39.0 Å². The molecule has 1 fully saturated rings. The van der Waals surface area contributed by atoms with Gasteiger partial charge in [0.25, 0.3) is 0 Å². The second-order valence-corrected chi connectivity index (χ2v) is 5.68. The predicted molar refractivity (Wildman–Crippen MR) is 64.7 cm³/mol. The van der Waals surface area contributed by atoms with Crippen molar-refractivity contribution in [2.45, 2.75) is 44.3 Å². The van der Waals surface area contributed by atoms with E-state index in [1.165, 1.54) is 25.7 Å². The molecule has 1 N–H and O–H groups in total. The fourth-order valence-electron chi connectivity index (χ4n) is 2.42. The molecule has 3 heteroatoms. The van der Waals surface area contributed by atoms with E-state index in [0.29, 0.717) is 5.25 Å². The Bertz CT molecular complexity index is 214. The molecule has 0 heterocycles. The summed E-state index contributed by atoms with van der Waals surface area (Å²) >= 11 is 1.79. The Kier molecular flexibility index (Phi) is 6.12. The van der Waals surface area contributed by atoms with Crippen molar-refractivity contribution in [2.24, 2.45) is 11.8 Å². The molecule has 0 saturated heterocycles. The monoisotopic (exact) mass is 227 g/mol. The number of nitrogens with zero attached hydrogens (tertiary/aromatic N) is 1. The van der Waals surface area contributed by atoms with Crippen LogP contribution in [-0.2, 0) is 0 Å². The lowest BCUT2D eigenvalue weighted by Gasteiger charge is -2.32. The molecule has 1 saturated carbocycles. The number of rotatable bonds is 5. The molecular formula is C12H21NOS. The summed E-state index contributed by atoms with van der Waals surface area (Å²) in [5.41, 5.74) is 0. The van der Waals surface area contributed by atoms with Gasteiger partial charge in [0.1, 0.15) is 0 Å². The summed E-state index contributed by atoms with van der Waals surface area (Å²) in [5.74, 6) is 1.81. The van der Waals surface area contributed by atoms with Crippen LogP contribution in [-0.4, -0.2) is 22.7 Å². The van der Waals surface area contributed by atoms with Crippen LogP contribution >= 0.6 is 11.8 Å². The molecule has 0 aromatic heterocycles. The number of nitriles is 1. The van der Waals surface area contributed by atoms with Gasteiger partial charge in [-0.1, -0.05) is 19.8 Å². The smallest absolute Gasteiger partial charge is 0.0667 e. The first-order chi connectivity index (χ1) is 7.31. The third-order valence-corrected chi connectivity index (χ3v) is 4.55. The Labute approximate surface area is 97.1 Å². The maximum Gasteiger partial charge on any atom is 0.0667 e. The lowest BCUT2D eigenvalue weighted by molar-refractivity contribution is 0.303. The van der Waals surface area contributed by atoms with Gasteiger partial charge in [0.05, 0.1) is 18.6 Å². The molecular weight excluding hydrogens is 206 g/mol. The highest BCUT2D eigenvalue weighted by Gasteiger charge is 2.30. The van der Waals surface area contributed by atoms with E-state index in [2.05, 4.69) is 13.0 Å². The van der Waals surface area contributed by atoms with Crippen LogP contribution < -0.4 is 0 Å². The molecule has 0 aliphatic heterocycles. The average molecular weight is 227 g/mol. The van der Waals surface area contributed by atoms with Crippen LogP contribution in [0.2, 0.25) is 0 Å². The second-order valence-electron chi connectivity index (χ2n) is 4.34. The number of hydrogen-bond donors (Lipinski definition) is 1. The highest BCUT2D eigenvalue weighted by Crippen LogP contribution is 2.37. The maximum atomic E-state index is 9.05. The maximum absolute atomic E-state index is 9.05. The van der Waals surface area contributed by atoms with E-state index in [1.807, 2.05) is 0 Å². The first-order valence-corrected chi connectivity index (χ1v) is 6.98. The van der Waals surface area contributed by atoms with Gasteiger partial charge >= 0.3 is 0 Å². The van der Waals surface area contributed by atoms with Crippen molar-refractivity contribution < 1.29 is 5.11 Å². The van der Waals surface area contributed by atoms with Gasteiger partial charge in [-0.05, 0) is 25.2 Å². The van der Waals surface area contributed by atoms with Gasteiger partial charge in [0, 0.05) is 11.0 Å². The summed E-state index contributed by atoms with van der Waals surface area (Å²) < 4.78 is 0. The highest BCUT2D eigenvalue weighted by molar-refractivity contribution is 7.99. The summed E-state index contributed by atoms with van der Waals surface area (Å²) in [6.07, 6.45) is 6.01. The molecule has 0 aromatic rings. The van der Waals surface area contributed by atoms with E-state index in [0.717, 1.165) is 18.1 Å². The van der Waals surface area contributed by atoms with Crippen molar-refractivity contribution in [1.82, 2.24) is 0 Å². The Hall–Kier alpha value is -0.200. The van der Waals surface area contributed by atoms with Crippen LogP contribution in [0.3, 0.4) is 0 Å². The zero-order valence-electron chi connectivity index (χ0n) is 9.48. The first kappa shape index (κ1) is 12.9. The molecule has 0 amide bonds. The minimum absolute atomic E-state index is 0.217. The second kappa shape index (κ2) is 7.14. The van der Waals surface area contributed by atoms with Gasteiger partial charge in [-0.15, -0.1) is 0 Å². The molecule has 0 aromatic carbocycles. The topological polar surface area (TPSA) is 44.0 Å². The number of thioether (sulfide) groups is 1. The Balaban J connectivity index is 2.42. The van der Waals surface area contributed by atoms with E-state index in [-0.39, 0.29) is 12.5 Å². The lowest BCUT2D eigenvalue weighted by atomic mass is 9.80. The number of hydrogen-bond acceptors (Lipinski definition) is 3. The lowest BCUT2D eigenvalue weighted by Crippen LogP contribution is -2.26. The Morgan fingerprint density at radius 3 is 2.87 bits per heavy atom. The van der Waals surface area contributed by atoms with Crippen LogP contribution in [0.5, 0.6) is 0 Å². The number of aliphatic hydroxyl groups excluding tert-OH is 1. The zero-order chi connectivity index (χ0) is 11.1. The third-order valence-electron chi connectivity index (χ3n) is 3.19. The highest BCUT2D eigenvalue weighted by atomic mass is 32.2. The summed E-state index contributed by atoms with van der Waals surface area (Å²) in [4.78, 5) is 0. The molecule has 0 radical (unpaired) electrons. The van der Waals surface area contributed by atoms with Gasteiger partial charge in [-0.2, -0.15) is 17.0 Å². The molecule has 0 bridgehead atoms. The summed E-state index contributed by atoms with van der Waals surface area (Å²) in [7, 11) is 0. The van der Waals surface area contributed by atoms with E-state index in [4.69, 9.17) is 10.4 Å². The largest absolute Gasteiger partial charge is 0.396 e. The molecule has 3 unspecified atom stereocenters. The van der Waals surface area contributed by atoms with Crippen LogP contribution in [0.25, 0.3) is 0 Å². The number of aliphatic hydroxyl groups is 1. The molecule has 15 heavy (non-hydrogen) atoms. The van der Waals surface area contributed by atoms with Gasteiger partial charge in [0.15, 0.2) is 0 Å². The van der Waals surface area contributed by atoms with Crippen molar-refractivity contribution in [3.05, 3.63) is 0 Å². The molecule has 3 atom stereocenters. The average Bonchev–Trinajstić information content (AvgIpc) is 2.27. The van der Waals surface area contributed by atoms with Gasteiger partial charge < -0.3 is 5.11 Å². The van der Waals surface area contributed by atoms with Gasteiger partial charge in [0.2, 0.25) is 0 Å². The van der Waals surface area contributed by atoms with Crippen molar-refractivity contribution in [1.29, 1.82) is 5.26 Å². The third kappa shape index (κ3) is 4.04. The summed E-state index contributed by atoms with van der Waals surface area (Å²) in [6, 6.07) is 2.42. The van der Waals surface area contributed by atoms with Crippen molar-refractivity contribution in [3.8, 4) is 6.07 Å². The Morgan fingerprint density at radius 1 is 1.47 bits per heavy atom. The van der Waals surface area contributed by atoms with Crippen molar-refractivity contribution in [2.75, 3.05) is 12.4 Å². The van der Waals surface area contributed by atoms with Crippen LogP contribution in [0.15, 0.2) is 0 Å². The molecule has 1 aliphatic carbocycles. The zero-order valence-corrected chi connectivity index (χ0v) is 10.3. The predicted octanol–water partition coefficient (Wildman–Crippen LogP) is 2.82. The molecule has 86 valence electrons. The van der Waals surface area contributed by atoms with Gasteiger partial charge in [-0.3, -0.25) is 0 Å². The summed E-state index contributed by atoms with van der Waals surface area (Å²) in [6.45, 7) is 2.46. The fourth-order valence-corrected chi connectivity index (χ4v) is 3.66. The molecule has 1 aliphatic rings. The van der Waals surface area contributed by atoms with Crippen LogP contribution in [0.4, 0.5) is 0 Å². The van der Waals surface area contributed by atoms with E-state index in [9.17, 15) is 0 Å². The van der Waals surface area contributed by atoms with Crippen LogP contribution in [0, 0.1) is 23.2 Å². The molecule has 2 nitrogen and oxygen atoms in total. The van der Waals surface area contributed by atoms with E-state index in [1.54, 1.807) is 11.8 Å². The van der Waals surface area contributed by atoms with Crippen molar-refractivity contribution in [3.63, 3.8) is 0 Å². The first-order valence-electron chi connectivity index (χ1n) is 5.93. The van der Waals surface area contributed by atoms with E-state index >= 15 is 0 Å². The minimum atomic E-state index is 0.217. The molecule has 1 rings (SSSR count). The fraction of sp³-hybridized carbons (Fsp3) is 0.917. The normalized spacial score (nSPS) is 31.1. The molecule has 0 spiro atoms. The minimum Gasteiger partial charge on any atom is -0.396 e. The standard InChI is InChI=1S/C12H21NOS/c1-2-3-10-4-5-11(9-13)12(8-10)15-7-6-14/h10-12,14H,2-8H2,1H3. The SMILES string of the molecule is CCCC1CCC(C#N)C(SCCO)C1. The summed E-state index contributed by atoms with van der Waals surface area (Å²) in [5, 5.41) is 18.3. The van der Waals surface area contributed by atoms with E-state index < -0.39 is 0 Å². The van der Waals surface area contributed by atoms with Gasteiger partial charge in [-0.25, -0.2) is 0 Å². The Morgan fingerprint density at radius 2 is 2.27 bits per heavy atom.